The molecule has 0 saturated carbocycles. The Labute approximate surface area is 195 Å². The Balaban J connectivity index is 1.43. The number of rotatable bonds is 6. The minimum Gasteiger partial charge on any atom is -0.389 e. The average Bonchev–Trinajstić information content (AvgIpc) is 2.83. The van der Waals surface area contributed by atoms with Crippen LogP contribution in [0, 0.1) is 0 Å². The average molecular weight is 488 g/mol. The number of fused-ring (bicyclic) bond motifs is 1. The van der Waals surface area contributed by atoms with Crippen LogP contribution in [0.3, 0.4) is 0 Å². The Morgan fingerprint density at radius 3 is 2.41 bits per heavy atom. The summed E-state index contributed by atoms with van der Waals surface area (Å²) >= 11 is 0. The standard InChI is InChI=1S/C24H23F2N3O4S/c25-21(26)8-9-24(31)10-14-29(15-11-24)23(30)18-6-4-17(5-7-18)16-34(32,33)20-3-1-2-19-22(20)28-13-12-27-19/h1-8,12-13,31H,9-11,14-16H2. The number of hydrogen-bond donors (Lipinski definition) is 1. The molecule has 1 N–H and O–H groups in total. The van der Waals surface area contributed by atoms with Gasteiger partial charge in [-0.05, 0) is 55.2 Å². The number of sulfone groups is 1. The Bertz CT molecular complexity index is 1330. The fourth-order valence-corrected chi connectivity index (χ4v) is 5.56. The first-order chi connectivity index (χ1) is 16.2. The zero-order valence-corrected chi connectivity index (χ0v) is 19.0. The Kier molecular flexibility index (Phi) is 6.72. The number of amides is 1. The molecule has 2 aromatic carbocycles. The summed E-state index contributed by atoms with van der Waals surface area (Å²) in [6, 6.07) is 11.1. The third-order valence-corrected chi connectivity index (χ3v) is 7.68. The molecule has 0 atom stereocenters. The van der Waals surface area contributed by atoms with Gasteiger partial charge in [0.15, 0.2) is 9.84 Å². The molecule has 0 bridgehead atoms. The van der Waals surface area contributed by atoms with Crippen LogP contribution in [-0.4, -0.2) is 53.0 Å². The van der Waals surface area contributed by atoms with Crippen LogP contribution in [0.2, 0.25) is 0 Å². The van der Waals surface area contributed by atoms with Gasteiger partial charge in [-0.3, -0.25) is 14.8 Å². The van der Waals surface area contributed by atoms with Gasteiger partial charge in [0.1, 0.15) is 5.52 Å². The van der Waals surface area contributed by atoms with Crippen molar-refractivity contribution >= 4 is 26.8 Å². The third-order valence-electron chi connectivity index (χ3n) is 5.97. The van der Waals surface area contributed by atoms with E-state index in [1.165, 1.54) is 18.5 Å². The van der Waals surface area contributed by atoms with Crippen molar-refractivity contribution in [2.75, 3.05) is 13.1 Å². The minimum atomic E-state index is -3.70. The van der Waals surface area contributed by atoms with Gasteiger partial charge in [-0.15, -0.1) is 0 Å². The molecule has 34 heavy (non-hydrogen) atoms. The van der Waals surface area contributed by atoms with Crippen molar-refractivity contribution < 1.29 is 27.1 Å². The van der Waals surface area contributed by atoms with E-state index in [1.54, 1.807) is 41.3 Å². The topological polar surface area (TPSA) is 100 Å². The molecule has 2 heterocycles. The maximum atomic E-state index is 13.0. The predicted molar refractivity (Wildman–Crippen MR) is 122 cm³/mol. The highest BCUT2D eigenvalue weighted by molar-refractivity contribution is 7.90. The largest absolute Gasteiger partial charge is 0.389 e. The van der Waals surface area contributed by atoms with E-state index in [1.807, 2.05) is 0 Å². The summed E-state index contributed by atoms with van der Waals surface area (Å²) in [7, 11) is -3.70. The lowest BCUT2D eigenvalue weighted by Gasteiger charge is -2.37. The smallest absolute Gasteiger partial charge is 0.266 e. The highest BCUT2D eigenvalue weighted by Crippen LogP contribution is 2.28. The van der Waals surface area contributed by atoms with Gasteiger partial charge < -0.3 is 10.0 Å². The maximum Gasteiger partial charge on any atom is 0.266 e. The summed E-state index contributed by atoms with van der Waals surface area (Å²) in [5, 5.41) is 10.4. The van der Waals surface area contributed by atoms with E-state index < -0.39 is 21.5 Å². The lowest BCUT2D eigenvalue weighted by molar-refractivity contribution is -0.0149. The van der Waals surface area contributed by atoms with Crippen molar-refractivity contribution in [3.63, 3.8) is 0 Å². The van der Waals surface area contributed by atoms with Crippen molar-refractivity contribution in [3.8, 4) is 0 Å². The van der Waals surface area contributed by atoms with E-state index in [-0.39, 0.29) is 48.9 Å². The fourth-order valence-electron chi connectivity index (χ4n) is 4.04. The molecule has 0 spiro atoms. The van der Waals surface area contributed by atoms with Crippen molar-refractivity contribution in [1.82, 2.24) is 14.9 Å². The van der Waals surface area contributed by atoms with Crippen molar-refractivity contribution in [2.24, 2.45) is 0 Å². The molecule has 1 aliphatic rings. The molecular weight excluding hydrogens is 464 g/mol. The zero-order chi connectivity index (χ0) is 24.3. The van der Waals surface area contributed by atoms with E-state index in [0.717, 1.165) is 0 Å². The molecule has 0 radical (unpaired) electrons. The quantitative estimate of drug-likeness (QED) is 0.569. The summed E-state index contributed by atoms with van der Waals surface area (Å²) in [6.45, 7) is 0.491. The monoisotopic (exact) mass is 487 g/mol. The van der Waals surface area contributed by atoms with Crippen molar-refractivity contribution in [1.29, 1.82) is 0 Å². The highest BCUT2D eigenvalue weighted by atomic mass is 32.2. The van der Waals surface area contributed by atoms with Gasteiger partial charge in [0.2, 0.25) is 0 Å². The van der Waals surface area contributed by atoms with E-state index in [2.05, 4.69) is 9.97 Å². The lowest BCUT2D eigenvalue weighted by atomic mass is 9.88. The highest BCUT2D eigenvalue weighted by Gasteiger charge is 2.33. The van der Waals surface area contributed by atoms with Crippen molar-refractivity contribution in [3.05, 3.63) is 78.1 Å². The third kappa shape index (κ3) is 5.28. The first-order valence-electron chi connectivity index (χ1n) is 10.7. The van der Waals surface area contributed by atoms with Crippen LogP contribution in [0.1, 0.15) is 35.2 Å². The molecule has 1 aromatic heterocycles. The molecule has 10 heteroatoms. The van der Waals surface area contributed by atoms with E-state index in [4.69, 9.17) is 0 Å². The first kappa shape index (κ1) is 23.9. The summed E-state index contributed by atoms with van der Waals surface area (Å²) in [4.78, 5) is 22.8. The number of para-hydroxylation sites is 1. The Morgan fingerprint density at radius 1 is 1.06 bits per heavy atom. The van der Waals surface area contributed by atoms with Crippen LogP contribution in [0.25, 0.3) is 11.0 Å². The van der Waals surface area contributed by atoms with E-state index in [9.17, 15) is 27.1 Å². The summed E-state index contributed by atoms with van der Waals surface area (Å²) in [5.41, 5.74) is 0.461. The number of aliphatic hydroxyl groups is 1. The van der Waals surface area contributed by atoms with Gasteiger partial charge in [0.25, 0.3) is 12.0 Å². The van der Waals surface area contributed by atoms with Gasteiger partial charge in [0, 0.05) is 31.0 Å². The molecular formula is C24H23F2N3O4S. The number of nitrogens with zero attached hydrogens (tertiary/aromatic N) is 3. The van der Waals surface area contributed by atoms with Crippen molar-refractivity contribution in [2.45, 2.75) is 35.5 Å². The molecule has 1 aliphatic heterocycles. The Hall–Kier alpha value is -3.24. The van der Waals surface area contributed by atoms with E-state index in [0.29, 0.717) is 28.2 Å². The number of carbonyl (C=O) groups is 1. The van der Waals surface area contributed by atoms with Gasteiger partial charge in [-0.2, -0.15) is 8.78 Å². The number of aromatic nitrogens is 2. The number of likely N-dealkylation sites (tertiary alicyclic amines) is 1. The van der Waals surface area contributed by atoms with Gasteiger partial charge in [0.05, 0.1) is 21.8 Å². The molecule has 4 rings (SSSR count). The lowest BCUT2D eigenvalue weighted by Crippen LogP contribution is -2.46. The zero-order valence-electron chi connectivity index (χ0n) is 18.2. The second kappa shape index (κ2) is 9.55. The predicted octanol–water partition coefficient (Wildman–Crippen LogP) is 3.74. The summed E-state index contributed by atoms with van der Waals surface area (Å²) in [6.07, 6.45) is 2.07. The molecule has 0 unspecified atom stereocenters. The number of hydrogen-bond acceptors (Lipinski definition) is 6. The van der Waals surface area contributed by atoms with Crippen LogP contribution in [0.15, 0.2) is 71.9 Å². The van der Waals surface area contributed by atoms with Gasteiger partial charge in [-0.1, -0.05) is 18.2 Å². The molecule has 1 fully saturated rings. The molecule has 178 valence electrons. The fraction of sp³-hybridized carbons (Fsp3) is 0.292. The SMILES string of the molecule is O=C(c1ccc(CS(=O)(=O)c2cccc3nccnc23)cc1)N1CCC(O)(CC=C(F)F)CC1. The molecule has 0 aliphatic carbocycles. The normalized spacial score (nSPS) is 15.8. The second-order valence-corrected chi connectivity index (χ2v) is 10.3. The summed E-state index contributed by atoms with van der Waals surface area (Å²) in [5.74, 6) is -0.514. The van der Waals surface area contributed by atoms with Crippen LogP contribution in [0.4, 0.5) is 8.78 Å². The maximum absolute atomic E-state index is 13.0. The molecule has 3 aromatic rings. The number of benzene rings is 2. The van der Waals surface area contributed by atoms with E-state index >= 15 is 0 Å². The van der Waals surface area contributed by atoms with Crippen LogP contribution >= 0.6 is 0 Å². The second-order valence-electron chi connectivity index (χ2n) is 8.35. The summed E-state index contributed by atoms with van der Waals surface area (Å²) < 4.78 is 50.7. The van der Waals surface area contributed by atoms with Crippen LogP contribution in [-0.2, 0) is 15.6 Å². The van der Waals surface area contributed by atoms with Gasteiger partial charge >= 0.3 is 0 Å². The number of halogens is 2. The van der Waals surface area contributed by atoms with Crippen LogP contribution in [0.5, 0.6) is 0 Å². The Morgan fingerprint density at radius 2 is 1.74 bits per heavy atom. The molecule has 1 saturated heterocycles. The molecule has 1 amide bonds. The van der Waals surface area contributed by atoms with Crippen LogP contribution < -0.4 is 0 Å². The molecule has 7 nitrogen and oxygen atoms in total. The number of carbonyl (C=O) groups excluding carboxylic acids is 1. The van der Waals surface area contributed by atoms with Gasteiger partial charge in [-0.25, -0.2) is 8.42 Å². The number of piperidine rings is 1. The first-order valence-corrected chi connectivity index (χ1v) is 12.4. The minimum absolute atomic E-state index is 0.0987.